The lowest BCUT2D eigenvalue weighted by Crippen LogP contribution is -2.37. The highest BCUT2D eigenvalue weighted by Gasteiger charge is 2.18. The average molecular weight is 205 g/mol. The van der Waals surface area contributed by atoms with E-state index in [2.05, 4.69) is 16.0 Å². The molecular formula is C12H19N3. The fourth-order valence-corrected chi connectivity index (χ4v) is 2.21. The highest BCUT2D eigenvalue weighted by atomic mass is 15.1. The number of piperidine rings is 1. The summed E-state index contributed by atoms with van der Waals surface area (Å²) in [6, 6.07) is 6.10. The summed E-state index contributed by atoms with van der Waals surface area (Å²) in [6.07, 6.45) is 4.42. The topological polar surface area (TPSA) is 42.1 Å². The van der Waals surface area contributed by atoms with Gasteiger partial charge in [0.1, 0.15) is 0 Å². The first kappa shape index (κ1) is 10.6. The van der Waals surface area contributed by atoms with E-state index in [1.165, 1.54) is 19.4 Å². The van der Waals surface area contributed by atoms with Crippen LogP contribution in [-0.2, 0) is 6.54 Å². The SMILES string of the molecule is NCC1CCCN(Cc2ccccn2)C1. The van der Waals surface area contributed by atoms with Crippen LogP contribution in [0.4, 0.5) is 0 Å². The molecule has 1 aliphatic rings. The van der Waals surface area contributed by atoms with Gasteiger partial charge >= 0.3 is 0 Å². The second kappa shape index (κ2) is 5.24. The van der Waals surface area contributed by atoms with Crippen molar-refractivity contribution >= 4 is 0 Å². The Hall–Kier alpha value is -0.930. The maximum atomic E-state index is 5.72. The largest absolute Gasteiger partial charge is 0.330 e. The first-order valence-electron chi connectivity index (χ1n) is 5.71. The van der Waals surface area contributed by atoms with Crippen LogP contribution in [0.1, 0.15) is 18.5 Å². The second-order valence-corrected chi connectivity index (χ2v) is 4.30. The van der Waals surface area contributed by atoms with Gasteiger partial charge in [0.2, 0.25) is 0 Å². The van der Waals surface area contributed by atoms with E-state index in [-0.39, 0.29) is 0 Å². The van der Waals surface area contributed by atoms with Crippen LogP contribution in [0.3, 0.4) is 0 Å². The van der Waals surface area contributed by atoms with Gasteiger partial charge in [0, 0.05) is 19.3 Å². The van der Waals surface area contributed by atoms with Crippen molar-refractivity contribution in [2.75, 3.05) is 19.6 Å². The molecule has 2 heterocycles. The van der Waals surface area contributed by atoms with E-state index in [4.69, 9.17) is 5.73 Å². The molecule has 0 bridgehead atoms. The number of likely N-dealkylation sites (tertiary alicyclic amines) is 1. The van der Waals surface area contributed by atoms with Gasteiger partial charge in [0.25, 0.3) is 0 Å². The van der Waals surface area contributed by atoms with E-state index in [0.29, 0.717) is 5.92 Å². The Bertz CT molecular complexity index is 286. The molecule has 1 fully saturated rings. The first-order chi connectivity index (χ1) is 7.38. The lowest BCUT2D eigenvalue weighted by molar-refractivity contribution is 0.169. The van der Waals surface area contributed by atoms with E-state index < -0.39 is 0 Å². The summed E-state index contributed by atoms with van der Waals surface area (Å²) in [4.78, 5) is 6.81. The Morgan fingerprint density at radius 3 is 3.13 bits per heavy atom. The molecular weight excluding hydrogens is 186 g/mol. The van der Waals surface area contributed by atoms with Crippen LogP contribution in [0.25, 0.3) is 0 Å². The molecule has 82 valence electrons. The molecule has 1 aromatic rings. The van der Waals surface area contributed by atoms with E-state index in [0.717, 1.165) is 25.3 Å². The van der Waals surface area contributed by atoms with Crippen molar-refractivity contribution in [3.05, 3.63) is 30.1 Å². The molecule has 3 nitrogen and oxygen atoms in total. The third-order valence-electron chi connectivity index (χ3n) is 3.05. The van der Waals surface area contributed by atoms with Crippen LogP contribution in [0.5, 0.6) is 0 Å². The van der Waals surface area contributed by atoms with Gasteiger partial charge in [-0.05, 0) is 44.0 Å². The zero-order valence-electron chi connectivity index (χ0n) is 9.10. The smallest absolute Gasteiger partial charge is 0.0543 e. The fourth-order valence-electron chi connectivity index (χ4n) is 2.21. The molecule has 0 saturated carbocycles. The fraction of sp³-hybridized carbons (Fsp3) is 0.583. The van der Waals surface area contributed by atoms with Crippen molar-refractivity contribution in [2.24, 2.45) is 11.7 Å². The van der Waals surface area contributed by atoms with Gasteiger partial charge in [-0.3, -0.25) is 9.88 Å². The summed E-state index contributed by atoms with van der Waals surface area (Å²) < 4.78 is 0. The van der Waals surface area contributed by atoms with Gasteiger partial charge < -0.3 is 5.73 Å². The summed E-state index contributed by atoms with van der Waals surface area (Å²) >= 11 is 0. The van der Waals surface area contributed by atoms with Crippen molar-refractivity contribution in [2.45, 2.75) is 19.4 Å². The molecule has 0 radical (unpaired) electrons. The molecule has 0 aliphatic carbocycles. The van der Waals surface area contributed by atoms with E-state index in [1.807, 2.05) is 18.3 Å². The molecule has 2 N–H and O–H groups in total. The summed E-state index contributed by atoms with van der Waals surface area (Å²) in [6.45, 7) is 4.11. The molecule has 3 heteroatoms. The minimum Gasteiger partial charge on any atom is -0.330 e. The van der Waals surface area contributed by atoms with Crippen molar-refractivity contribution in [1.29, 1.82) is 0 Å². The number of hydrogen-bond acceptors (Lipinski definition) is 3. The zero-order chi connectivity index (χ0) is 10.5. The average Bonchev–Trinajstić information content (AvgIpc) is 2.31. The molecule has 1 atom stereocenters. The molecule has 2 rings (SSSR count). The van der Waals surface area contributed by atoms with Crippen LogP contribution >= 0.6 is 0 Å². The maximum Gasteiger partial charge on any atom is 0.0543 e. The van der Waals surface area contributed by atoms with Gasteiger partial charge in [-0.1, -0.05) is 6.07 Å². The standard InChI is InChI=1S/C12H19N3/c13-8-11-4-3-7-15(9-11)10-12-5-1-2-6-14-12/h1-2,5-6,11H,3-4,7-10,13H2. The Morgan fingerprint density at radius 1 is 1.47 bits per heavy atom. The van der Waals surface area contributed by atoms with Crippen LogP contribution in [0.2, 0.25) is 0 Å². The number of hydrogen-bond donors (Lipinski definition) is 1. The Balaban J connectivity index is 1.89. The molecule has 0 amide bonds. The normalized spacial score (nSPS) is 22.9. The predicted octanol–water partition coefficient (Wildman–Crippen LogP) is 1.25. The summed E-state index contributed by atoms with van der Waals surface area (Å²) in [5.41, 5.74) is 6.88. The van der Waals surface area contributed by atoms with Gasteiger partial charge in [-0.15, -0.1) is 0 Å². The summed E-state index contributed by atoms with van der Waals surface area (Å²) in [5, 5.41) is 0. The van der Waals surface area contributed by atoms with Gasteiger partial charge in [0.15, 0.2) is 0 Å². The van der Waals surface area contributed by atoms with E-state index in [1.54, 1.807) is 0 Å². The third-order valence-corrected chi connectivity index (χ3v) is 3.05. The van der Waals surface area contributed by atoms with E-state index in [9.17, 15) is 0 Å². The van der Waals surface area contributed by atoms with Crippen LogP contribution in [0.15, 0.2) is 24.4 Å². The first-order valence-corrected chi connectivity index (χ1v) is 5.71. The molecule has 1 saturated heterocycles. The third kappa shape index (κ3) is 3.01. The summed E-state index contributed by atoms with van der Waals surface area (Å²) in [5.74, 6) is 0.683. The number of nitrogens with zero attached hydrogens (tertiary/aromatic N) is 2. The number of nitrogens with two attached hydrogens (primary N) is 1. The molecule has 0 spiro atoms. The van der Waals surface area contributed by atoms with Crippen LogP contribution in [0, 0.1) is 5.92 Å². The number of pyridine rings is 1. The van der Waals surface area contributed by atoms with Crippen LogP contribution in [-0.4, -0.2) is 29.5 Å². The van der Waals surface area contributed by atoms with Gasteiger partial charge in [0.05, 0.1) is 5.69 Å². The molecule has 0 aromatic carbocycles. The van der Waals surface area contributed by atoms with E-state index >= 15 is 0 Å². The van der Waals surface area contributed by atoms with Gasteiger partial charge in [-0.25, -0.2) is 0 Å². The highest BCUT2D eigenvalue weighted by Crippen LogP contribution is 2.16. The van der Waals surface area contributed by atoms with Crippen molar-refractivity contribution < 1.29 is 0 Å². The maximum absolute atomic E-state index is 5.72. The monoisotopic (exact) mass is 205 g/mol. The Morgan fingerprint density at radius 2 is 2.40 bits per heavy atom. The Labute approximate surface area is 91.3 Å². The minimum absolute atomic E-state index is 0.683. The molecule has 1 aromatic heterocycles. The van der Waals surface area contributed by atoms with Crippen molar-refractivity contribution in [3.8, 4) is 0 Å². The lowest BCUT2D eigenvalue weighted by Gasteiger charge is -2.31. The predicted molar refractivity (Wildman–Crippen MR) is 61.3 cm³/mol. The summed E-state index contributed by atoms with van der Waals surface area (Å²) in [7, 11) is 0. The van der Waals surface area contributed by atoms with Gasteiger partial charge in [-0.2, -0.15) is 0 Å². The molecule has 1 unspecified atom stereocenters. The second-order valence-electron chi connectivity index (χ2n) is 4.30. The quantitative estimate of drug-likeness (QED) is 0.807. The molecule has 15 heavy (non-hydrogen) atoms. The zero-order valence-corrected chi connectivity index (χ0v) is 9.10. The lowest BCUT2D eigenvalue weighted by atomic mass is 9.98. The highest BCUT2D eigenvalue weighted by molar-refractivity contribution is 5.03. The number of rotatable bonds is 3. The molecule has 1 aliphatic heterocycles. The minimum atomic E-state index is 0.683. The van der Waals surface area contributed by atoms with Crippen molar-refractivity contribution in [1.82, 2.24) is 9.88 Å². The number of aromatic nitrogens is 1. The van der Waals surface area contributed by atoms with Crippen LogP contribution < -0.4 is 5.73 Å². The van der Waals surface area contributed by atoms with Crippen molar-refractivity contribution in [3.63, 3.8) is 0 Å². The Kier molecular flexibility index (Phi) is 3.69.